The van der Waals surface area contributed by atoms with Gasteiger partial charge in [0, 0.05) is 65.3 Å². The zero-order valence-electron chi connectivity index (χ0n) is 14.2. The van der Waals surface area contributed by atoms with Gasteiger partial charge in [0.2, 0.25) is 0 Å². The fourth-order valence-corrected chi connectivity index (χ4v) is 3.15. The Morgan fingerprint density at radius 3 is 2.62 bits per heavy atom. The largest absolute Gasteiger partial charge is 0.385 e. The number of nitrogens with zero attached hydrogens (tertiary/aromatic N) is 4. The standard InChI is InChI=1S/C15H27N5O2.2ClH/c1-18-4-2-17-14(18)10-19-5-7-20(8-6-19)12-15(21)11-16-3-9-22-13-15;;/h2,4,16,21H,3,5-13H2,1H3;2*1H. The molecule has 2 aliphatic rings. The van der Waals surface area contributed by atoms with Crippen LogP contribution in [0.15, 0.2) is 12.4 Å². The van der Waals surface area contributed by atoms with Crippen molar-refractivity contribution >= 4 is 24.8 Å². The molecule has 3 rings (SSSR count). The number of imidazole rings is 1. The molecule has 0 aliphatic carbocycles. The summed E-state index contributed by atoms with van der Waals surface area (Å²) in [7, 11) is 2.03. The van der Waals surface area contributed by atoms with Gasteiger partial charge >= 0.3 is 0 Å². The molecule has 2 aliphatic heterocycles. The smallest absolute Gasteiger partial charge is 0.122 e. The average molecular weight is 382 g/mol. The number of piperazine rings is 1. The van der Waals surface area contributed by atoms with Crippen LogP contribution >= 0.6 is 24.8 Å². The van der Waals surface area contributed by atoms with Gasteiger partial charge in [-0.15, -0.1) is 24.8 Å². The van der Waals surface area contributed by atoms with Crippen LogP contribution in [0.25, 0.3) is 0 Å². The molecule has 1 aromatic heterocycles. The topological polar surface area (TPSA) is 65.8 Å². The zero-order chi connectivity index (χ0) is 15.4. The molecular weight excluding hydrogens is 353 g/mol. The van der Waals surface area contributed by atoms with Gasteiger partial charge in [0.05, 0.1) is 19.8 Å². The number of ether oxygens (including phenoxy) is 1. The Hall–Kier alpha value is -0.410. The van der Waals surface area contributed by atoms with Gasteiger partial charge in [-0.25, -0.2) is 4.98 Å². The number of nitrogens with one attached hydrogen (secondary N) is 1. The van der Waals surface area contributed by atoms with Crippen LogP contribution in [0.5, 0.6) is 0 Å². The van der Waals surface area contributed by atoms with Crippen molar-refractivity contribution in [3.8, 4) is 0 Å². The SMILES string of the molecule is Cl.Cl.Cn1ccnc1CN1CCN(CC2(O)CNCCOC2)CC1. The number of rotatable bonds is 4. The lowest BCUT2D eigenvalue weighted by Gasteiger charge is -2.38. The molecule has 0 aromatic carbocycles. The van der Waals surface area contributed by atoms with Gasteiger partial charge in [-0.1, -0.05) is 0 Å². The summed E-state index contributed by atoms with van der Waals surface area (Å²) in [6.45, 7) is 8.09. The van der Waals surface area contributed by atoms with Gasteiger partial charge in [0.25, 0.3) is 0 Å². The van der Waals surface area contributed by atoms with E-state index in [-0.39, 0.29) is 24.8 Å². The first-order chi connectivity index (χ1) is 10.6. The molecule has 2 fully saturated rings. The highest BCUT2D eigenvalue weighted by Gasteiger charge is 2.32. The van der Waals surface area contributed by atoms with Crippen LogP contribution in [0, 0.1) is 0 Å². The maximum Gasteiger partial charge on any atom is 0.122 e. The lowest BCUT2D eigenvalue weighted by Crippen LogP contribution is -2.55. The first-order valence-corrected chi connectivity index (χ1v) is 8.06. The van der Waals surface area contributed by atoms with E-state index in [0.717, 1.165) is 45.1 Å². The van der Waals surface area contributed by atoms with E-state index < -0.39 is 5.60 Å². The van der Waals surface area contributed by atoms with Crippen LogP contribution in [0.1, 0.15) is 5.82 Å². The number of aryl methyl sites for hydroxylation is 1. The molecule has 2 saturated heterocycles. The van der Waals surface area contributed by atoms with Gasteiger partial charge in [-0.2, -0.15) is 0 Å². The highest BCUT2D eigenvalue weighted by Crippen LogP contribution is 2.13. The highest BCUT2D eigenvalue weighted by molar-refractivity contribution is 5.85. The lowest BCUT2D eigenvalue weighted by atomic mass is 10.0. The van der Waals surface area contributed by atoms with Crippen molar-refractivity contribution in [2.75, 3.05) is 59.0 Å². The molecule has 7 nitrogen and oxygen atoms in total. The Balaban J connectivity index is 0.00000144. The van der Waals surface area contributed by atoms with Gasteiger partial charge in [0.15, 0.2) is 0 Å². The molecule has 1 unspecified atom stereocenters. The third-order valence-electron chi connectivity index (χ3n) is 4.52. The third-order valence-corrected chi connectivity index (χ3v) is 4.52. The Morgan fingerprint density at radius 2 is 1.96 bits per heavy atom. The number of aromatic nitrogens is 2. The van der Waals surface area contributed by atoms with E-state index >= 15 is 0 Å². The molecular formula is C15H29Cl2N5O2. The molecule has 0 bridgehead atoms. The number of halogens is 2. The lowest BCUT2D eigenvalue weighted by molar-refractivity contribution is -0.0555. The molecule has 1 atom stereocenters. The maximum absolute atomic E-state index is 10.7. The highest BCUT2D eigenvalue weighted by atomic mass is 35.5. The summed E-state index contributed by atoms with van der Waals surface area (Å²) in [5.41, 5.74) is -0.766. The molecule has 0 saturated carbocycles. The fraction of sp³-hybridized carbons (Fsp3) is 0.800. The molecule has 0 amide bonds. The molecule has 140 valence electrons. The monoisotopic (exact) mass is 381 g/mol. The molecule has 0 spiro atoms. The first kappa shape index (κ1) is 21.6. The minimum absolute atomic E-state index is 0. The van der Waals surface area contributed by atoms with Crippen LogP contribution in [0.3, 0.4) is 0 Å². The van der Waals surface area contributed by atoms with Gasteiger partial charge < -0.3 is 19.7 Å². The Morgan fingerprint density at radius 1 is 1.25 bits per heavy atom. The Labute approximate surface area is 156 Å². The molecule has 2 N–H and O–H groups in total. The third kappa shape index (κ3) is 5.84. The summed E-state index contributed by atoms with van der Waals surface area (Å²) in [5, 5.41) is 13.9. The van der Waals surface area contributed by atoms with Crippen LogP contribution in [-0.4, -0.2) is 89.1 Å². The summed E-state index contributed by atoms with van der Waals surface area (Å²) < 4.78 is 7.57. The van der Waals surface area contributed by atoms with Crippen molar-refractivity contribution in [2.24, 2.45) is 7.05 Å². The van der Waals surface area contributed by atoms with E-state index in [2.05, 4.69) is 24.7 Å². The minimum atomic E-state index is -0.766. The summed E-state index contributed by atoms with van der Waals surface area (Å²) in [5.74, 6) is 1.11. The quantitative estimate of drug-likeness (QED) is 0.748. The normalized spacial score (nSPS) is 26.2. The van der Waals surface area contributed by atoms with Gasteiger partial charge in [-0.05, 0) is 0 Å². The summed E-state index contributed by atoms with van der Waals surface area (Å²) in [6, 6.07) is 0. The second-order valence-electron chi connectivity index (χ2n) is 6.46. The summed E-state index contributed by atoms with van der Waals surface area (Å²) >= 11 is 0. The van der Waals surface area contributed by atoms with Gasteiger partial charge in [0.1, 0.15) is 11.4 Å². The Kier molecular flexibility index (Phi) is 8.94. The van der Waals surface area contributed by atoms with Crippen LogP contribution in [-0.2, 0) is 18.3 Å². The van der Waals surface area contributed by atoms with Crippen molar-refractivity contribution in [2.45, 2.75) is 12.1 Å². The molecule has 1 aromatic rings. The predicted molar refractivity (Wildman–Crippen MR) is 98.1 cm³/mol. The van der Waals surface area contributed by atoms with Gasteiger partial charge in [-0.3, -0.25) is 9.80 Å². The molecule has 9 heteroatoms. The first-order valence-electron chi connectivity index (χ1n) is 8.06. The number of hydrogen-bond donors (Lipinski definition) is 2. The van der Waals surface area contributed by atoms with Crippen LogP contribution in [0.4, 0.5) is 0 Å². The van der Waals surface area contributed by atoms with E-state index in [4.69, 9.17) is 4.74 Å². The second kappa shape index (κ2) is 9.91. The molecule has 0 radical (unpaired) electrons. The summed E-state index contributed by atoms with van der Waals surface area (Å²) in [4.78, 5) is 9.15. The number of aliphatic hydroxyl groups is 1. The molecule has 3 heterocycles. The minimum Gasteiger partial charge on any atom is -0.385 e. The molecule has 24 heavy (non-hydrogen) atoms. The predicted octanol–water partition coefficient (Wildman–Crippen LogP) is -0.268. The van der Waals surface area contributed by atoms with Crippen LogP contribution < -0.4 is 5.32 Å². The van der Waals surface area contributed by atoms with E-state index in [1.165, 1.54) is 0 Å². The van der Waals surface area contributed by atoms with Crippen molar-refractivity contribution in [3.05, 3.63) is 18.2 Å². The Bertz CT molecular complexity index is 472. The summed E-state index contributed by atoms with van der Waals surface area (Å²) in [6.07, 6.45) is 3.83. The van der Waals surface area contributed by atoms with Crippen molar-refractivity contribution in [3.63, 3.8) is 0 Å². The average Bonchev–Trinajstić information content (AvgIpc) is 2.78. The van der Waals surface area contributed by atoms with Crippen molar-refractivity contribution in [1.82, 2.24) is 24.7 Å². The van der Waals surface area contributed by atoms with E-state index in [9.17, 15) is 5.11 Å². The van der Waals surface area contributed by atoms with E-state index in [1.807, 2.05) is 19.4 Å². The van der Waals surface area contributed by atoms with E-state index in [1.54, 1.807) is 0 Å². The second-order valence-corrected chi connectivity index (χ2v) is 6.46. The number of β-amino-alcohol motifs (C(OH)–C–C–N with tert-alkyl or cyclic N) is 1. The van der Waals surface area contributed by atoms with Crippen molar-refractivity contribution < 1.29 is 9.84 Å². The van der Waals surface area contributed by atoms with Crippen molar-refractivity contribution in [1.29, 1.82) is 0 Å². The van der Waals surface area contributed by atoms with E-state index in [0.29, 0.717) is 26.3 Å². The maximum atomic E-state index is 10.7. The number of hydrogen-bond acceptors (Lipinski definition) is 6. The zero-order valence-corrected chi connectivity index (χ0v) is 15.8. The fourth-order valence-electron chi connectivity index (χ4n) is 3.15. The van der Waals surface area contributed by atoms with Crippen LogP contribution in [0.2, 0.25) is 0 Å².